The van der Waals surface area contributed by atoms with Crippen molar-refractivity contribution in [2.75, 3.05) is 10.6 Å². The van der Waals surface area contributed by atoms with E-state index in [0.29, 0.717) is 17.2 Å². The number of ether oxygens (including phenoxy) is 1. The predicted molar refractivity (Wildman–Crippen MR) is 106 cm³/mol. The number of amides is 2. The number of furan rings is 1. The number of alkyl halides is 3. The Hall–Kier alpha value is -4.08. The number of carbonyl (C=O) groups excluding carboxylic acids is 3. The van der Waals surface area contributed by atoms with Crippen LogP contribution in [0.1, 0.15) is 32.0 Å². The van der Waals surface area contributed by atoms with Crippen LogP contribution < -0.4 is 10.6 Å². The van der Waals surface area contributed by atoms with Gasteiger partial charge in [0, 0.05) is 12.1 Å². The fourth-order valence-corrected chi connectivity index (χ4v) is 3.26. The molecule has 2 aromatic carbocycles. The predicted octanol–water partition coefficient (Wildman–Crippen LogP) is 4.27. The third-order valence-corrected chi connectivity index (χ3v) is 4.77. The summed E-state index contributed by atoms with van der Waals surface area (Å²) in [6.45, 7) is 0. The number of esters is 1. The summed E-state index contributed by atoms with van der Waals surface area (Å²) in [5, 5.41) is 4.48. The Kier molecular flexibility index (Phi) is 5.43. The molecule has 7 nitrogen and oxygen atoms in total. The summed E-state index contributed by atoms with van der Waals surface area (Å²) in [6.07, 6.45) is -4.82. The summed E-state index contributed by atoms with van der Waals surface area (Å²) in [5.41, 5.74) is -0.978. The van der Waals surface area contributed by atoms with E-state index in [0.717, 1.165) is 6.07 Å². The Bertz CT molecular complexity index is 1190. The van der Waals surface area contributed by atoms with Crippen LogP contribution in [-0.2, 0) is 22.1 Å². The van der Waals surface area contributed by atoms with E-state index in [1.54, 1.807) is 24.3 Å². The molecular weight excluding hydrogens is 429 g/mol. The van der Waals surface area contributed by atoms with Crippen LogP contribution in [0.3, 0.4) is 0 Å². The van der Waals surface area contributed by atoms with E-state index < -0.39 is 41.3 Å². The maximum atomic E-state index is 13.6. The number of anilines is 2. The second-order valence-electron chi connectivity index (χ2n) is 6.93. The van der Waals surface area contributed by atoms with E-state index in [-0.39, 0.29) is 17.9 Å². The van der Waals surface area contributed by atoms with Gasteiger partial charge < -0.3 is 19.8 Å². The molecule has 3 aromatic rings. The maximum absolute atomic E-state index is 13.6. The molecule has 0 aliphatic carbocycles. The van der Waals surface area contributed by atoms with Gasteiger partial charge >= 0.3 is 12.1 Å². The van der Waals surface area contributed by atoms with E-state index in [9.17, 15) is 27.6 Å². The Morgan fingerprint density at radius 1 is 1.00 bits per heavy atom. The first-order chi connectivity index (χ1) is 15.2. The largest absolute Gasteiger partial charge is 0.459 e. The minimum atomic E-state index is -4.83. The average Bonchev–Trinajstić information content (AvgIpc) is 3.29. The van der Waals surface area contributed by atoms with E-state index in [1.807, 2.05) is 0 Å². The lowest BCUT2D eigenvalue weighted by Crippen LogP contribution is -2.38. The monoisotopic (exact) mass is 444 g/mol. The van der Waals surface area contributed by atoms with Crippen LogP contribution in [0.5, 0.6) is 0 Å². The van der Waals surface area contributed by atoms with Crippen LogP contribution in [0.2, 0.25) is 0 Å². The van der Waals surface area contributed by atoms with Crippen molar-refractivity contribution in [1.29, 1.82) is 0 Å². The Morgan fingerprint density at radius 3 is 2.50 bits per heavy atom. The highest BCUT2D eigenvalue weighted by atomic mass is 19.4. The standard InChI is InChI=1S/C22H15F3N2O5/c23-22(24,25)15-11-13(26-19(28)17-6-3-9-31-17)7-8-16(15)27-20(29)18-10-12-4-1-2-5-14(12)21(30)32-18/h1-9,11,18H,10H2,(H,26,28)(H,27,29)/t18-/m1/s1. The van der Waals surface area contributed by atoms with Crippen molar-refractivity contribution in [2.24, 2.45) is 0 Å². The first-order valence-corrected chi connectivity index (χ1v) is 9.38. The summed E-state index contributed by atoms with van der Waals surface area (Å²) in [7, 11) is 0. The third-order valence-electron chi connectivity index (χ3n) is 4.77. The maximum Gasteiger partial charge on any atom is 0.418 e. The van der Waals surface area contributed by atoms with Crippen molar-refractivity contribution in [3.63, 3.8) is 0 Å². The van der Waals surface area contributed by atoms with Gasteiger partial charge in [0.1, 0.15) is 0 Å². The lowest BCUT2D eigenvalue weighted by atomic mass is 9.98. The lowest BCUT2D eigenvalue weighted by Gasteiger charge is -2.24. The summed E-state index contributed by atoms with van der Waals surface area (Å²) < 4.78 is 50.9. The van der Waals surface area contributed by atoms with Gasteiger partial charge in [-0.15, -0.1) is 0 Å². The summed E-state index contributed by atoms with van der Waals surface area (Å²) in [5.74, 6) is -2.42. The molecule has 1 aliphatic heterocycles. The van der Waals surface area contributed by atoms with Gasteiger partial charge in [0.05, 0.1) is 23.1 Å². The topological polar surface area (TPSA) is 97.6 Å². The van der Waals surface area contributed by atoms with Crippen molar-refractivity contribution in [1.82, 2.24) is 0 Å². The molecule has 0 spiro atoms. The molecule has 1 aromatic heterocycles. The van der Waals surface area contributed by atoms with Gasteiger partial charge in [-0.25, -0.2) is 4.79 Å². The zero-order valence-corrected chi connectivity index (χ0v) is 16.2. The van der Waals surface area contributed by atoms with Crippen LogP contribution in [0.15, 0.2) is 65.3 Å². The molecule has 10 heteroatoms. The second-order valence-corrected chi connectivity index (χ2v) is 6.93. The molecule has 0 radical (unpaired) electrons. The van der Waals surface area contributed by atoms with Crippen LogP contribution in [0, 0.1) is 0 Å². The van der Waals surface area contributed by atoms with Gasteiger partial charge in [-0.05, 0) is 42.0 Å². The normalized spacial score (nSPS) is 15.5. The molecule has 0 saturated carbocycles. The van der Waals surface area contributed by atoms with Crippen molar-refractivity contribution >= 4 is 29.2 Å². The summed E-state index contributed by atoms with van der Waals surface area (Å²) in [4.78, 5) is 36.7. The van der Waals surface area contributed by atoms with Gasteiger partial charge in [0.25, 0.3) is 11.8 Å². The molecule has 0 bridgehead atoms. The molecule has 0 saturated heterocycles. The second kappa shape index (κ2) is 8.22. The van der Waals surface area contributed by atoms with Crippen LogP contribution in [-0.4, -0.2) is 23.9 Å². The fraction of sp³-hybridized carbons (Fsp3) is 0.136. The number of halogens is 3. The molecule has 164 valence electrons. The van der Waals surface area contributed by atoms with Crippen molar-refractivity contribution < 1.29 is 36.7 Å². The van der Waals surface area contributed by atoms with Gasteiger partial charge in [0.15, 0.2) is 11.9 Å². The van der Waals surface area contributed by atoms with E-state index >= 15 is 0 Å². The average molecular weight is 444 g/mol. The number of rotatable bonds is 4. The van der Waals surface area contributed by atoms with E-state index in [4.69, 9.17) is 9.15 Å². The zero-order valence-electron chi connectivity index (χ0n) is 16.2. The Morgan fingerprint density at radius 2 is 1.78 bits per heavy atom. The van der Waals surface area contributed by atoms with E-state index in [2.05, 4.69) is 10.6 Å². The quantitative estimate of drug-likeness (QED) is 0.586. The molecule has 1 atom stereocenters. The van der Waals surface area contributed by atoms with Crippen LogP contribution in [0.25, 0.3) is 0 Å². The number of hydrogen-bond acceptors (Lipinski definition) is 5. The smallest absolute Gasteiger partial charge is 0.418 e. The number of cyclic esters (lactones) is 1. The van der Waals surface area contributed by atoms with Gasteiger partial charge in [-0.2, -0.15) is 13.2 Å². The number of carbonyl (C=O) groups is 3. The van der Waals surface area contributed by atoms with Crippen molar-refractivity contribution in [2.45, 2.75) is 18.7 Å². The molecular formula is C22H15F3N2O5. The molecule has 0 unspecified atom stereocenters. The first kappa shape index (κ1) is 21.2. The minimum absolute atomic E-state index is 0.0341. The molecule has 1 aliphatic rings. The Balaban J connectivity index is 1.55. The SMILES string of the molecule is O=C(Nc1ccc(NC(=O)[C@H]2Cc3ccccc3C(=O)O2)c(C(F)(F)F)c1)c1ccco1. The zero-order chi connectivity index (χ0) is 22.9. The summed E-state index contributed by atoms with van der Waals surface area (Å²) in [6, 6.07) is 12.2. The van der Waals surface area contributed by atoms with Gasteiger partial charge in [-0.3, -0.25) is 9.59 Å². The van der Waals surface area contributed by atoms with Gasteiger partial charge in [0.2, 0.25) is 0 Å². The number of benzene rings is 2. The highest BCUT2D eigenvalue weighted by molar-refractivity contribution is 6.03. The van der Waals surface area contributed by atoms with Crippen molar-refractivity contribution in [3.8, 4) is 0 Å². The number of fused-ring (bicyclic) bond motifs is 1. The lowest BCUT2D eigenvalue weighted by molar-refractivity contribution is -0.137. The number of nitrogens with one attached hydrogen (secondary N) is 2. The Labute approximate surface area is 179 Å². The highest BCUT2D eigenvalue weighted by Gasteiger charge is 2.36. The van der Waals surface area contributed by atoms with E-state index in [1.165, 1.54) is 24.5 Å². The van der Waals surface area contributed by atoms with Gasteiger partial charge in [-0.1, -0.05) is 18.2 Å². The molecule has 0 fully saturated rings. The van der Waals surface area contributed by atoms with Crippen molar-refractivity contribution in [3.05, 3.63) is 83.3 Å². The minimum Gasteiger partial charge on any atom is -0.459 e. The molecule has 2 heterocycles. The molecule has 2 N–H and O–H groups in total. The third kappa shape index (κ3) is 4.34. The fourth-order valence-electron chi connectivity index (χ4n) is 3.26. The van der Waals surface area contributed by atoms with Crippen LogP contribution >= 0.6 is 0 Å². The molecule has 2 amide bonds. The molecule has 4 rings (SSSR count). The van der Waals surface area contributed by atoms with Crippen LogP contribution in [0.4, 0.5) is 24.5 Å². The first-order valence-electron chi connectivity index (χ1n) is 9.38. The highest BCUT2D eigenvalue weighted by Crippen LogP contribution is 2.37. The number of hydrogen-bond donors (Lipinski definition) is 2. The summed E-state index contributed by atoms with van der Waals surface area (Å²) >= 11 is 0. The molecule has 32 heavy (non-hydrogen) atoms.